The second-order valence-electron chi connectivity index (χ2n) is 5.38. The Morgan fingerprint density at radius 2 is 1.75 bits per heavy atom. The number of alkyl halides is 3. The first kappa shape index (κ1) is 17.4. The van der Waals surface area contributed by atoms with E-state index in [4.69, 9.17) is 5.11 Å². The van der Waals surface area contributed by atoms with Crippen LogP contribution in [0.4, 0.5) is 13.2 Å². The lowest BCUT2D eigenvalue weighted by Crippen LogP contribution is -2.49. The molecule has 2 N–H and O–H groups in total. The molecule has 128 valence electrons. The van der Waals surface area contributed by atoms with E-state index < -0.39 is 29.5 Å². The molecule has 2 rings (SSSR count). The third-order valence-corrected chi connectivity index (χ3v) is 3.03. The van der Waals surface area contributed by atoms with Crippen LogP contribution in [0.1, 0.15) is 30.1 Å². The summed E-state index contributed by atoms with van der Waals surface area (Å²) >= 11 is 0. The van der Waals surface area contributed by atoms with Crippen LogP contribution in [0.15, 0.2) is 28.8 Å². The maximum atomic E-state index is 12.4. The Bertz CT molecular complexity index is 766. The molecule has 24 heavy (non-hydrogen) atoms. The van der Waals surface area contributed by atoms with Gasteiger partial charge in [0.25, 0.3) is 5.91 Å². The number of carboxylic acids is 1. The second kappa shape index (κ2) is 5.95. The fourth-order valence-electron chi connectivity index (χ4n) is 1.64. The zero-order valence-electron chi connectivity index (χ0n) is 12.5. The normalized spacial score (nSPS) is 12.0. The van der Waals surface area contributed by atoms with Crippen molar-refractivity contribution in [3.05, 3.63) is 35.7 Å². The smallest absolute Gasteiger partial charge is 0.471 e. The van der Waals surface area contributed by atoms with Crippen LogP contribution in [0, 0.1) is 0 Å². The maximum absolute atomic E-state index is 12.4. The number of hydrogen-bond acceptors (Lipinski definition) is 5. The Morgan fingerprint density at radius 3 is 2.21 bits per heavy atom. The van der Waals surface area contributed by atoms with E-state index in [1.807, 2.05) is 0 Å². The molecule has 0 fully saturated rings. The number of carbonyl (C=O) groups is 2. The van der Waals surface area contributed by atoms with Crippen LogP contribution in [-0.2, 0) is 11.0 Å². The monoisotopic (exact) mass is 343 g/mol. The van der Waals surface area contributed by atoms with E-state index in [-0.39, 0.29) is 17.0 Å². The third kappa shape index (κ3) is 3.70. The minimum absolute atomic E-state index is 0.132. The van der Waals surface area contributed by atoms with Crippen molar-refractivity contribution in [2.75, 3.05) is 0 Å². The molecule has 1 heterocycles. The summed E-state index contributed by atoms with van der Waals surface area (Å²) in [7, 11) is 0. The number of nitrogens with one attached hydrogen (secondary N) is 1. The maximum Gasteiger partial charge on any atom is 0.471 e. The van der Waals surface area contributed by atoms with Crippen LogP contribution >= 0.6 is 0 Å². The van der Waals surface area contributed by atoms with Crippen LogP contribution in [0.5, 0.6) is 0 Å². The van der Waals surface area contributed by atoms with Crippen molar-refractivity contribution in [2.45, 2.75) is 25.6 Å². The first-order chi connectivity index (χ1) is 11.0. The van der Waals surface area contributed by atoms with Gasteiger partial charge in [-0.05, 0) is 26.0 Å². The standard InChI is InChI=1S/C14H12F3N3O4/c1-13(2,12(22)23)19-10(21)8-5-3-7(4-6-8)9-18-11(24-20-9)14(15,16)17/h3-6H,1-2H3,(H,19,21)(H,22,23). The number of amides is 1. The number of hydrogen-bond donors (Lipinski definition) is 2. The average molecular weight is 343 g/mol. The molecule has 1 amide bonds. The largest absolute Gasteiger partial charge is 0.480 e. The fourth-order valence-corrected chi connectivity index (χ4v) is 1.64. The van der Waals surface area contributed by atoms with E-state index in [0.29, 0.717) is 0 Å². The lowest BCUT2D eigenvalue weighted by molar-refractivity contribution is -0.159. The molecular formula is C14H12F3N3O4. The van der Waals surface area contributed by atoms with Crippen molar-refractivity contribution in [1.82, 2.24) is 15.5 Å². The lowest BCUT2D eigenvalue weighted by Gasteiger charge is -2.20. The van der Waals surface area contributed by atoms with Crippen molar-refractivity contribution in [3.63, 3.8) is 0 Å². The number of aliphatic carboxylic acids is 1. The van der Waals surface area contributed by atoms with Crippen LogP contribution in [0.2, 0.25) is 0 Å². The van der Waals surface area contributed by atoms with Crippen molar-refractivity contribution < 1.29 is 32.4 Å². The number of benzene rings is 1. The molecule has 1 aromatic carbocycles. The summed E-state index contributed by atoms with van der Waals surface area (Å²) < 4.78 is 41.4. The Kier molecular flexibility index (Phi) is 4.32. The van der Waals surface area contributed by atoms with E-state index in [1.54, 1.807) is 0 Å². The third-order valence-electron chi connectivity index (χ3n) is 3.03. The summed E-state index contributed by atoms with van der Waals surface area (Å²) in [5.74, 6) is -3.60. The number of rotatable bonds is 4. The van der Waals surface area contributed by atoms with Crippen molar-refractivity contribution in [2.24, 2.45) is 0 Å². The highest BCUT2D eigenvalue weighted by atomic mass is 19.4. The van der Waals surface area contributed by atoms with Crippen LogP contribution in [0.25, 0.3) is 11.4 Å². The van der Waals surface area contributed by atoms with Gasteiger partial charge in [-0.2, -0.15) is 18.2 Å². The molecule has 10 heteroatoms. The number of nitrogens with zero attached hydrogens (tertiary/aromatic N) is 2. The van der Waals surface area contributed by atoms with Gasteiger partial charge in [-0.15, -0.1) is 0 Å². The predicted octanol–water partition coefficient (Wildman–Crippen LogP) is 2.35. The summed E-state index contributed by atoms with van der Waals surface area (Å²) in [4.78, 5) is 26.2. The van der Waals surface area contributed by atoms with E-state index >= 15 is 0 Å². The molecule has 0 saturated carbocycles. The molecule has 0 aliphatic heterocycles. The van der Waals surface area contributed by atoms with Gasteiger partial charge in [-0.25, -0.2) is 4.79 Å². The molecule has 0 saturated heterocycles. The molecule has 0 atom stereocenters. The van der Waals surface area contributed by atoms with E-state index in [2.05, 4.69) is 20.0 Å². The predicted molar refractivity (Wildman–Crippen MR) is 73.9 cm³/mol. The molecule has 0 aliphatic rings. The highest BCUT2D eigenvalue weighted by Gasteiger charge is 2.38. The van der Waals surface area contributed by atoms with Gasteiger partial charge in [-0.3, -0.25) is 4.79 Å². The first-order valence-electron chi connectivity index (χ1n) is 6.58. The minimum Gasteiger partial charge on any atom is -0.480 e. The van der Waals surface area contributed by atoms with Crippen LogP contribution in [0.3, 0.4) is 0 Å². The zero-order valence-corrected chi connectivity index (χ0v) is 12.5. The summed E-state index contributed by atoms with van der Waals surface area (Å²) in [6.07, 6.45) is -4.74. The van der Waals surface area contributed by atoms with Gasteiger partial charge in [0.05, 0.1) is 0 Å². The van der Waals surface area contributed by atoms with Gasteiger partial charge >= 0.3 is 18.0 Å². The highest BCUT2D eigenvalue weighted by Crippen LogP contribution is 2.29. The molecule has 2 aromatic rings. The average Bonchev–Trinajstić information content (AvgIpc) is 2.96. The molecule has 1 aromatic heterocycles. The quantitative estimate of drug-likeness (QED) is 0.883. The number of aromatic nitrogens is 2. The number of carbonyl (C=O) groups excluding carboxylic acids is 1. The lowest BCUT2D eigenvalue weighted by atomic mass is 10.0. The SMILES string of the molecule is CC(C)(NC(=O)c1ccc(-c2noc(C(F)(F)F)n2)cc1)C(=O)O. The highest BCUT2D eigenvalue weighted by molar-refractivity contribution is 5.97. The van der Waals surface area contributed by atoms with E-state index in [0.717, 1.165) is 0 Å². The molecule has 0 aliphatic carbocycles. The minimum atomic E-state index is -4.74. The summed E-state index contributed by atoms with van der Waals surface area (Å²) in [5, 5.41) is 14.5. The van der Waals surface area contributed by atoms with Gasteiger partial charge in [-0.1, -0.05) is 17.3 Å². The molecule has 0 bridgehead atoms. The second-order valence-corrected chi connectivity index (χ2v) is 5.38. The van der Waals surface area contributed by atoms with Crippen LogP contribution in [-0.4, -0.2) is 32.7 Å². The Morgan fingerprint density at radius 1 is 1.17 bits per heavy atom. The van der Waals surface area contributed by atoms with Gasteiger partial charge in [0.2, 0.25) is 5.82 Å². The van der Waals surface area contributed by atoms with E-state index in [1.165, 1.54) is 38.1 Å². The summed E-state index contributed by atoms with van der Waals surface area (Å²) in [5.41, 5.74) is -1.12. The number of halogens is 3. The molecule has 0 radical (unpaired) electrons. The summed E-state index contributed by atoms with van der Waals surface area (Å²) in [6.45, 7) is 2.64. The molecule has 0 unspecified atom stereocenters. The van der Waals surface area contributed by atoms with E-state index in [9.17, 15) is 22.8 Å². The van der Waals surface area contributed by atoms with Gasteiger partial charge < -0.3 is 14.9 Å². The fraction of sp³-hybridized carbons (Fsp3) is 0.286. The molecular weight excluding hydrogens is 331 g/mol. The van der Waals surface area contributed by atoms with Gasteiger partial charge in [0.1, 0.15) is 5.54 Å². The van der Waals surface area contributed by atoms with Crippen molar-refractivity contribution in [1.29, 1.82) is 0 Å². The van der Waals surface area contributed by atoms with Crippen molar-refractivity contribution >= 4 is 11.9 Å². The van der Waals surface area contributed by atoms with Crippen molar-refractivity contribution in [3.8, 4) is 11.4 Å². The Labute approximate surface area is 133 Å². The Balaban J connectivity index is 2.18. The first-order valence-corrected chi connectivity index (χ1v) is 6.58. The summed E-state index contributed by atoms with van der Waals surface area (Å²) in [6, 6.07) is 5.28. The topological polar surface area (TPSA) is 105 Å². The number of carboxylic acid groups (broad SMARTS) is 1. The molecule has 0 spiro atoms. The zero-order chi connectivity index (χ0) is 18.1. The molecule has 7 nitrogen and oxygen atoms in total. The van der Waals surface area contributed by atoms with Crippen LogP contribution < -0.4 is 5.32 Å². The Hall–Kier alpha value is -2.91. The van der Waals surface area contributed by atoms with Gasteiger partial charge in [0.15, 0.2) is 0 Å². The van der Waals surface area contributed by atoms with Gasteiger partial charge in [0, 0.05) is 11.1 Å².